The van der Waals surface area contributed by atoms with Gasteiger partial charge in [0.1, 0.15) is 17.6 Å². The van der Waals surface area contributed by atoms with Gasteiger partial charge in [-0.1, -0.05) is 61.5 Å². The van der Waals surface area contributed by atoms with Crippen LogP contribution in [-0.4, -0.2) is 57.1 Å². The van der Waals surface area contributed by atoms with Crippen LogP contribution >= 0.6 is 0 Å². The zero-order chi connectivity index (χ0) is 30.7. The highest BCUT2D eigenvalue weighted by atomic mass is 32.2. The maximum atomic E-state index is 14.8. The molecule has 0 aromatic heterocycles. The van der Waals surface area contributed by atoms with Crippen LogP contribution in [0.5, 0.6) is 5.75 Å². The minimum atomic E-state index is -3.66. The molecule has 0 spiro atoms. The minimum Gasteiger partial charge on any atom is -0.497 e. The van der Waals surface area contributed by atoms with Crippen LogP contribution in [0.4, 0.5) is 10.1 Å². The van der Waals surface area contributed by atoms with Gasteiger partial charge in [0.15, 0.2) is 0 Å². The Morgan fingerprint density at radius 2 is 1.69 bits per heavy atom. The van der Waals surface area contributed by atoms with Crippen molar-refractivity contribution in [1.82, 2.24) is 10.2 Å². The van der Waals surface area contributed by atoms with Crippen LogP contribution in [0.1, 0.15) is 44.2 Å². The Hall–Kier alpha value is -3.92. The fourth-order valence-electron chi connectivity index (χ4n) is 4.57. The molecule has 2 atom stereocenters. The standard InChI is InChI=1S/C32H40FN3O5S/c1-5-24(2)34-32(38)30(21-25-13-7-6-8-14-25)35(23-26-15-9-10-18-29(26)33)31(37)19-12-20-36(42(4,39)40)27-16-11-17-28(22-27)41-3/h6-11,13-18,22,24,30H,5,12,19-21,23H2,1-4H3,(H,34,38). The van der Waals surface area contributed by atoms with Gasteiger partial charge in [-0.3, -0.25) is 13.9 Å². The molecule has 8 nitrogen and oxygen atoms in total. The third kappa shape index (κ3) is 9.30. The Labute approximate surface area is 248 Å². The number of nitrogens with zero attached hydrogens (tertiary/aromatic N) is 2. The average molecular weight is 598 g/mol. The quantitative estimate of drug-likeness (QED) is 0.268. The zero-order valence-electron chi connectivity index (χ0n) is 24.6. The van der Waals surface area contributed by atoms with Crippen LogP contribution in [0.2, 0.25) is 0 Å². The van der Waals surface area contributed by atoms with Crippen molar-refractivity contribution in [2.75, 3.05) is 24.2 Å². The fourth-order valence-corrected chi connectivity index (χ4v) is 5.53. The van der Waals surface area contributed by atoms with E-state index in [0.29, 0.717) is 17.9 Å². The summed E-state index contributed by atoms with van der Waals surface area (Å²) >= 11 is 0. The molecule has 10 heteroatoms. The summed E-state index contributed by atoms with van der Waals surface area (Å²) in [7, 11) is -2.17. The molecule has 0 aliphatic rings. The Kier molecular flexibility index (Phi) is 11.9. The topological polar surface area (TPSA) is 96.0 Å². The molecule has 0 radical (unpaired) electrons. The van der Waals surface area contributed by atoms with E-state index in [1.165, 1.54) is 22.4 Å². The lowest BCUT2D eigenvalue weighted by Crippen LogP contribution is -2.52. The van der Waals surface area contributed by atoms with E-state index in [4.69, 9.17) is 4.74 Å². The van der Waals surface area contributed by atoms with Gasteiger partial charge in [0.25, 0.3) is 0 Å². The zero-order valence-corrected chi connectivity index (χ0v) is 25.4. The van der Waals surface area contributed by atoms with Crippen molar-refractivity contribution in [3.63, 3.8) is 0 Å². The number of methoxy groups -OCH3 is 1. The minimum absolute atomic E-state index is 0.0354. The average Bonchev–Trinajstić information content (AvgIpc) is 2.97. The Balaban J connectivity index is 1.90. The van der Waals surface area contributed by atoms with Crippen LogP contribution in [-0.2, 0) is 32.6 Å². The van der Waals surface area contributed by atoms with E-state index in [-0.39, 0.29) is 55.8 Å². The predicted molar refractivity (Wildman–Crippen MR) is 163 cm³/mol. The smallest absolute Gasteiger partial charge is 0.243 e. The van der Waals surface area contributed by atoms with Crippen molar-refractivity contribution in [2.45, 2.75) is 58.2 Å². The number of amides is 2. The summed E-state index contributed by atoms with van der Waals surface area (Å²) in [5.74, 6) is -0.675. The van der Waals surface area contributed by atoms with E-state index < -0.39 is 21.9 Å². The van der Waals surface area contributed by atoms with E-state index in [1.807, 2.05) is 44.2 Å². The van der Waals surface area contributed by atoms with Gasteiger partial charge >= 0.3 is 0 Å². The molecule has 0 aliphatic carbocycles. The van der Waals surface area contributed by atoms with Crippen LogP contribution in [0.3, 0.4) is 0 Å². The van der Waals surface area contributed by atoms with E-state index in [1.54, 1.807) is 42.5 Å². The Morgan fingerprint density at radius 3 is 2.33 bits per heavy atom. The summed E-state index contributed by atoms with van der Waals surface area (Å²) in [6.07, 6.45) is 2.18. The molecule has 3 aromatic rings. The Bertz CT molecular complexity index is 1430. The first-order chi connectivity index (χ1) is 20.0. The molecule has 42 heavy (non-hydrogen) atoms. The van der Waals surface area contributed by atoms with Crippen molar-refractivity contribution in [3.05, 3.63) is 95.8 Å². The van der Waals surface area contributed by atoms with E-state index in [9.17, 15) is 22.4 Å². The number of rotatable bonds is 15. The molecule has 0 saturated heterocycles. The van der Waals surface area contributed by atoms with Gasteiger partial charge in [-0.15, -0.1) is 0 Å². The van der Waals surface area contributed by atoms with E-state index >= 15 is 0 Å². The fraction of sp³-hybridized carbons (Fsp3) is 0.375. The largest absolute Gasteiger partial charge is 0.497 e. The van der Waals surface area contributed by atoms with Crippen molar-refractivity contribution >= 4 is 27.5 Å². The molecule has 0 saturated carbocycles. The molecule has 0 aliphatic heterocycles. The number of halogens is 1. The van der Waals surface area contributed by atoms with Gasteiger partial charge in [0.2, 0.25) is 21.8 Å². The molecule has 3 aromatic carbocycles. The monoisotopic (exact) mass is 597 g/mol. The van der Waals surface area contributed by atoms with Gasteiger partial charge in [0, 0.05) is 43.6 Å². The van der Waals surface area contributed by atoms with Crippen molar-refractivity contribution in [2.24, 2.45) is 0 Å². The Morgan fingerprint density at radius 1 is 1.00 bits per heavy atom. The maximum Gasteiger partial charge on any atom is 0.243 e. The van der Waals surface area contributed by atoms with Crippen LogP contribution in [0.15, 0.2) is 78.9 Å². The van der Waals surface area contributed by atoms with Crippen molar-refractivity contribution in [1.29, 1.82) is 0 Å². The van der Waals surface area contributed by atoms with Gasteiger partial charge in [0.05, 0.1) is 19.1 Å². The molecule has 2 unspecified atom stereocenters. The summed E-state index contributed by atoms with van der Waals surface area (Å²) in [6, 6.07) is 21.2. The third-order valence-corrected chi connectivity index (χ3v) is 8.26. The molecule has 0 fully saturated rings. The number of carbonyl (C=O) groups is 2. The molecule has 2 amide bonds. The summed E-state index contributed by atoms with van der Waals surface area (Å²) in [6.45, 7) is 3.77. The maximum absolute atomic E-state index is 14.8. The number of sulfonamides is 1. The molecular weight excluding hydrogens is 557 g/mol. The van der Waals surface area contributed by atoms with E-state index in [0.717, 1.165) is 11.8 Å². The van der Waals surface area contributed by atoms with Gasteiger partial charge in [-0.05, 0) is 43.5 Å². The molecule has 3 rings (SSSR count). The molecule has 226 valence electrons. The number of ether oxygens (including phenoxy) is 1. The van der Waals surface area contributed by atoms with E-state index in [2.05, 4.69) is 5.32 Å². The highest BCUT2D eigenvalue weighted by Gasteiger charge is 2.31. The molecule has 0 bridgehead atoms. The highest BCUT2D eigenvalue weighted by molar-refractivity contribution is 7.92. The number of carbonyl (C=O) groups excluding carboxylic acids is 2. The van der Waals surface area contributed by atoms with Crippen molar-refractivity contribution in [3.8, 4) is 5.75 Å². The van der Waals surface area contributed by atoms with Gasteiger partial charge < -0.3 is 15.0 Å². The summed E-state index contributed by atoms with van der Waals surface area (Å²) in [5, 5.41) is 2.99. The van der Waals surface area contributed by atoms with Crippen LogP contribution < -0.4 is 14.4 Å². The lowest BCUT2D eigenvalue weighted by Gasteiger charge is -2.33. The summed E-state index contributed by atoms with van der Waals surface area (Å²) < 4.78 is 46.5. The molecule has 0 heterocycles. The number of hydrogen-bond acceptors (Lipinski definition) is 5. The number of nitrogens with one attached hydrogen (secondary N) is 1. The van der Waals surface area contributed by atoms with Gasteiger partial charge in [-0.25, -0.2) is 12.8 Å². The van der Waals surface area contributed by atoms with Crippen LogP contribution in [0.25, 0.3) is 0 Å². The number of anilines is 1. The normalized spacial score (nSPS) is 12.7. The second-order valence-electron chi connectivity index (χ2n) is 10.3. The number of benzene rings is 3. The molecular formula is C32H40FN3O5S. The van der Waals surface area contributed by atoms with Gasteiger partial charge in [-0.2, -0.15) is 0 Å². The summed E-state index contributed by atoms with van der Waals surface area (Å²) in [5.41, 5.74) is 1.56. The first-order valence-corrected chi connectivity index (χ1v) is 15.9. The predicted octanol–water partition coefficient (Wildman–Crippen LogP) is 4.94. The highest BCUT2D eigenvalue weighted by Crippen LogP contribution is 2.24. The summed E-state index contributed by atoms with van der Waals surface area (Å²) in [4.78, 5) is 28.9. The first-order valence-electron chi connectivity index (χ1n) is 14.0. The second-order valence-corrected chi connectivity index (χ2v) is 12.2. The SMILES string of the molecule is CCC(C)NC(=O)C(Cc1ccccc1)N(Cc1ccccc1F)C(=O)CCCN(c1cccc(OC)c1)S(C)(=O)=O. The first kappa shape index (κ1) is 32.6. The van der Waals surface area contributed by atoms with Crippen molar-refractivity contribution < 1.29 is 27.1 Å². The lowest BCUT2D eigenvalue weighted by atomic mass is 10.0. The molecule has 1 N–H and O–H groups in total. The number of hydrogen-bond donors (Lipinski definition) is 1. The lowest BCUT2D eigenvalue weighted by molar-refractivity contribution is -0.141. The third-order valence-electron chi connectivity index (χ3n) is 7.06. The second kappa shape index (κ2) is 15.3. The van der Waals surface area contributed by atoms with Crippen LogP contribution in [0, 0.1) is 5.82 Å².